The van der Waals surface area contributed by atoms with Gasteiger partial charge < -0.3 is 10.3 Å². The first-order valence-electron chi connectivity index (χ1n) is 7.50. The number of hydrogen-bond acceptors (Lipinski definition) is 5. The Morgan fingerprint density at radius 2 is 2.13 bits per heavy atom. The zero-order valence-corrected chi connectivity index (χ0v) is 14.5. The number of carbonyl (C=O) groups excluding carboxylic acids is 1. The molecule has 8 heteroatoms. The van der Waals surface area contributed by atoms with Gasteiger partial charge in [0.05, 0.1) is 28.3 Å². The van der Waals surface area contributed by atoms with E-state index in [-0.39, 0.29) is 29.2 Å². The first-order valence-corrected chi connectivity index (χ1v) is 10.3. The summed E-state index contributed by atoms with van der Waals surface area (Å²) in [6, 6.07) is 5.94. The van der Waals surface area contributed by atoms with Crippen LogP contribution in [0.2, 0.25) is 0 Å². The highest BCUT2D eigenvalue weighted by atomic mass is 32.2. The maximum absolute atomic E-state index is 12.0. The van der Waals surface area contributed by atoms with Crippen molar-refractivity contribution < 1.29 is 13.2 Å². The Kier molecular flexibility index (Phi) is 4.63. The highest BCUT2D eigenvalue weighted by Crippen LogP contribution is 2.20. The van der Waals surface area contributed by atoms with Gasteiger partial charge in [0, 0.05) is 6.04 Å². The lowest BCUT2D eigenvalue weighted by Crippen LogP contribution is -2.41. The maximum atomic E-state index is 12.0. The Morgan fingerprint density at radius 1 is 1.39 bits per heavy atom. The summed E-state index contributed by atoms with van der Waals surface area (Å²) >= 11 is 1.35. The minimum atomic E-state index is -2.90. The number of carbonyl (C=O) groups is 1. The number of aromatic amines is 1. The van der Waals surface area contributed by atoms with Gasteiger partial charge in [0.1, 0.15) is 9.84 Å². The number of rotatable bonds is 4. The van der Waals surface area contributed by atoms with Crippen molar-refractivity contribution in [2.45, 2.75) is 31.0 Å². The number of hydrogen-bond donors (Lipinski definition) is 2. The number of benzene rings is 1. The third-order valence-electron chi connectivity index (χ3n) is 3.88. The third-order valence-corrected chi connectivity index (χ3v) is 6.46. The molecular weight excluding hydrogens is 334 g/mol. The monoisotopic (exact) mass is 353 g/mol. The second-order valence-electron chi connectivity index (χ2n) is 5.84. The van der Waals surface area contributed by atoms with Gasteiger partial charge in [-0.15, -0.1) is 0 Å². The molecule has 6 nitrogen and oxygen atoms in total. The summed E-state index contributed by atoms with van der Waals surface area (Å²) in [4.78, 5) is 19.6. The lowest BCUT2D eigenvalue weighted by Gasteiger charge is -2.22. The first kappa shape index (κ1) is 16.3. The number of nitrogens with zero attached hydrogens (tertiary/aromatic N) is 1. The Hall–Kier alpha value is -1.54. The molecule has 0 unspecified atom stereocenters. The van der Waals surface area contributed by atoms with E-state index in [9.17, 15) is 13.2 Å². The molecule has 0 atom stereocenters. The fourth-order valence-electron chi connectivity index (χ4n) is 2.61. The van der Waals surface area contributed by atoms with E-state index in [0.717, 1.165) is 16.6 Å². The van der Waals surface area contributed by atoms with Gasteiger partial charge in [-0.1, -0.05) is 17.8 Å². The second kappa shape index (κ2) is 6.52. The SMILES string of the molecule is Cc1ccc2nc(SCC(=O)NC3CCS(=O)(=O)CC3)[nH]c2c1. The highest BCUT2D eigenvalue weighted by molar-refractivity contribution is 7.99. The largest absolute Gasteiger partial charge is 0.353 e. The molecule has 0 saturated carbocycles. The Morgan fingerprint density at radius 3 is 2.87 bits per heavy atom. The van der Waals surface area contributed by atoms with Gasteiger partial charge in [0.25, 0.3) is 0 Å². The molecule has 1 aromatic heterocycles. The standard InChI is InChI=1S/C15H19N3O3S2/c1-10-2-3-12-13(8-10)18-15(17-12)22-9-14(19)16-11-4-6-23(20,21)7-5-11/h2-3,8,11H,4-7,9H2,1H3,(H,16,19)(H,17,18). The van der Waals surface area contributed by atoms with Crippen molar-refractivity contribution in [3.05, 3.63) is 23.8 Å². The number of H-pyrrole nitrogens is 1. The molecule has 1 aliphatic heterocycles. The summed E-state index contributed by atoms with van der Waals surface area (Å²) < 4.78 is 22.7. The number of fused-ring (bicyclic) bond motifs is 1. The topological polar surface area (TPSA) is 91.9 Å². The predicted octanol–water partition coefficient (Wildman–Crippen LogP) is 1.66. The molecule has 0 aliphatic carbocycles. The molecular formula is C15H19N3O3S2. The zero-order valence-electron chi connectivity index (χ0n) is 12.8. The molecule has 2 heterocycles. The van der Waals surface area contributed by atoms with Gasteiger partial charge in [0.2, 0.25) is 5.91 Å². The molecule has 0 bridgehead atoms. The van der Waals surface area contributed by atoms with Crippen molar-refractivity contribution in [1.82, 2.24) is 15.3 Å². The number of sulfone groups is 1. The van der Waals surface area contributed by atoms with Gasteiger partial charge in [0.15, 0.2) is 5.16 Å². The van der Waals surface area contributed by atoms with Gasteiger partial charge in [-0.3, -0.25) is 4.79 Å². The lowest BCUT2D eigenvalue weighted by atomic mass is 10.1. The smallest absolute Gasteiger partial charge is 0.230 e. The predicted molar refractivity (Wildman–Crippen MR) is 91.4 cm³/mol. The molecule has 1 aliphatic rings. The van der Waals surface area contributed by atoms with Gasteiger partial charge in [-0.25, -0.2) is 13.4 Å². The Bertz CT molecular complexity index is 816. The number of aryl methyl sites for hydroxylation is 1. The lowest BCUT2D eigenvalue weighted by molar-refractivity contribution is -0.119. The van der Waals surface area contributed by atoms with Gasteiger partial charge >= 0.3 is 0 Å². The first-order chi connectivity index (χ1) is 10.9. The second-order valence-corrected chi connectivity index (χ2v) is 9.11. The normalized spacial score (nSPS) is 18.1. The molecule has 2 aromatic rings. The minimum absolute atomic E-state index is 0.0371. The highest BCUT2D eigenvalue weighted by Gasteiger charge is 2.24. The Balaban J connectivity index is 1.52. The summed E-state index contributed by atoms with van der Waals surface area (Å²) in [7, 11) is -2.90. The van der Waals surface area contributed by atoms with Gasteiger partial charge in [-0.05, 0) is 37.5 Å². The van der Waals surface area contributed by atoms with E-state index >= 15 is 0 Å². The van der Waals surface area contributed by atoms with Crippen LogP contribution in [0.25, 0.3) is 11.0 Å². The number of aromatic nitrogens is 2. The average molecular weight is 353 g/mol. The van der Waals surface area contributed by atoms with Crippen molar-refractivity contribution in [2.75, 3.05) is 17.3 Å². The third kappa shape index (κ3) is 4.26. The van der Waals surface area contributed by atoms with Crippen LogP contribution in [0.1, 0.15) is 18.4 Å². The van der Waals surface area contributed by atoms with Crippen LogP contribution in [0.5, 0.6) is 0 Å². The number of thioether (sulfide) groups is 1. The van der Waals surface area contributed by atoms with Crippen LogP contribution >= 0.6 is 11.8 Å². The van der Waals surface area contributed by atoms with E-state index < -0.39 is 9.84 Å². The van der Waals surface area contributed by atoms with E-state index in [1.54, 1.807) is 0 Å². The van der Waals surface area contributed by atoms with Crippen LogP contribution in [-0.2, 0) is 14.6 Å². The van der Waals surface area contributed by atoms with Crippen molar-refractivity contribution >= 4 is 38.5 Å². The van der Waals surface area contributed by atoms with Crippen LogP contribution in [0.3, 0.4) is 0 Å². The van der Waals surface area contributed by atoms with E-state index in [4.69, 9.17) is 0 Å². The Labute approximate surface area is 139 Å². The summed E-state index contributed by atoms with van der Waals surface area (Å²) in [6.45, 7) is 2.02. The molecule has 0 spiro atoms. The summed E-state index contributed by atoms with van der Waals surface area (Å²) in [5, 5.41) is 3.62. The summed E-state index contributed by atoms with van der Waals surface area (Å²) in [5.74, 6) is 0.500. The van der Waals surface area contributed by atoms with Crippen molar-refractivity contribution in [1.29, 1.82) is 0 Å². The molecule has 124 valence electrons. The molecule has 0 radical (unpaired) electrons. The van der Waals surface area contributed by atoms with Crippen molar-refractivity contribution in [2.24, 2.45) is 0 Å². The maximum Gasteiger partial charge on any atom is 0.230 e. The fraction of sp³-hybridized carbons (Fsp3) is 0.467. The number of nitrogens with one attached hydrogen (secondary N) is 2. The van der Waals surface area contributed by atoms with Crippen LogP contribution in [-0.4, -0.2) is 47.6 Å². The van der Waals surface area contributed by atoms with Gasteiger partial charge in [-0.2, -0.15) is 0 Å². The van der Waals surface area contributed by atoms with E-state index in [1.807, 2.05) is 25.1 Å². The number of imidazole rings is 1. The van der Waals surface area contributed by atoms with Crippen molar-refractivity contribution in [3.63, 3.8) is 0 Å². The molecule has 3 rings (SSSR count). The van der Waals surface area contributed by atoms with E-state index in [0.29, 0.717) is 18.0 Å². The van der Waals surface area contributed by atoms with Crippen LogP contribution in [0.4, 0.5) is 0 Å². The summed E-state index contributed by atoms with van der Waals surface area (Å²) in [5.41, 5.74) is 3.00. The van der Waals surface area contributed by atoms with E-state index in [1.165, 1.54) is 11.8 Å². The number of amides is 1. The molecule has 1 aromatic carbocycles. The summed E-state index contributed by atoms with van der Waals surface area (Å²) in [6.07, 6.45) is 1.01. The average Bonchev–Trinajstić information content (AvgIpc) is 2.89. The van der Waals surface area contributed by atoms with Crippen LogP contribution in [0, 0.1) is 6.92 Å². The molecule has 1 fully saturated rings. The van der Waals surface area contributed by atoms with E-state index in [2.05, 4.69) is 15.3 Å². The molecule has 2 N–H and O–H groups in total. The van der Waals surface area contributed by atoms with Crippen LogP contribution < -0.4 is 5.32 Å². The zero-order chi connectivity index (χ0) is 16.4. The molecule has 1 amide bonds. The minimum Gasteiger partial charge on any atom is -0.353 e. The quantitative estimate of drug-likeness (QED) is 0.816. The molecule has 23 heavy (non-hydrogen) atoms. The molecule has 1 saturated heterocycles. The van der Waals surface area contributed by atoms with Crippen molar-refractivity contribution in [3.8, 4) is 0 Å². The van der Waals surface area contributed by atoms with Crippen LogP contribution in [0.15, 0.2) is 23.4 Å². The fourth-order valence-corrected chi connectivity index (χ4v) is 4.79.